The van der Waals surface area contributed by atoms with Crippen LogP contribution in [-0.4, -0.2) is 54.1 Å². The van der Waals surface area contributed by atoms with E-state index in [-0.39, 0.29) is 18.1 Å². The maximum atomic E-state index is 13.2. The molecular formula is C32H35ClN4O2S. The van der Waals surface area contributed by atoms with Gasteiger partial charge in [0.05, 0.1) is 5.02 Å². The average Bonchev–Trinajstić information content (AvgIpc) is 3.31. The lowest BCUT2D eigenvalue weighted by atomic mass is 10.0. The second-order valence-corrected chi connectivity index (χ2v) is 12.4. The standard InChI is InChI=1S/C32H35ClN4O2S/c1-22-2-4-25(5-3-22)37-18-12-26(13-19-37)39-27-6-7-28-29(20-27)40-31(30(28)33)32(38)35-24-10-16-36(17-11-24)21-23-8-14-34-15-9-23/h2-9,14-15,20,24,26H,10-13,16-19,21H2,1H3,(H,35,38). The van der Waals surface area contributed by atoms with Gasteiger partial charge in [0.25, 0.3) is 5.91 Å². The number of ether oxygens (including phenoxy) is 1. The van der Waals surface area contributed by atoms with E-state index in [2.05, 4.69) is 63.4 Å². The van der Waals surface area contributed by atoms with Crippen molar-refractivity contribution >= 4 is 44.6 Å². The fourth-order valence-corrected chi connectivity index (χ4v) is 7.13. The Bertz CT molecular complexity index is 1440. The summed E-state index contributed by atoms with van der Waals surface area (Å²) in [6, 6.07) is 19.0. The number of fused-ring (bicyclic) bond motifs is 1. The predicted molar refractivity (Wildman–Crippen MR) is 164 cm³/mol. The van der Waals surface area contributed by atoms with Crippen molar-refractivity contribution in [2.75, 3.05) is 31.1 Å². The molecule has 0 radical (unpaired) electrons. The number of nitrogens with one attached hydrogen (secondary N) is 1. The van der Waals surface area contributed by atoms with E-state index in [1.54, 1.807) is 0 Å². The average molecular weight is 575 g/mol. The van der Waals surface area contributed by atoms with Crippen LogP contribution in [0.25, 0.3) is 10.1 Å². The van der Waals surface area contributed by atoms with E-state index in [1.165, 1.54) is 28.2 Å². The molecule has 208 valence electrons. The van der Waals surface area contributed by atoms with Crippen LogP contribution in [-0.2, 0) is 6.54 Å². The SMILES string of the molecule is Cc1ccc(N2CCC(Oc3ccc4c(Cl)c(C(=O)NC5CCN(Cc6ccncc6)CC5)sc4c3)CC2)cc1. The molecule has 0 aliphatic carbocycles. The molecule has 0 bridgehead atoms. The van der Waals surface area contributed by atoms with E-state index in [0.29, 0.717) is 9.90 Å². The highest BCUT2D eigenvalue weighted by atomic mass is 35.5. The first-order chi connectivity index (χ1) is 19.5. The van der Waals surface area contributed by atoms with Crippen molar-refractivity contribution in [1.82, 2.24) is 15.2 Å². The molecule has 0 saturated carbocycles. The van der Waals surface area contributed by atoms with Crippen LogP contribution >= 0.6 is 22.9 Å². The molecule has 6 nitrogen and oxygen atoms in total. The fraction of sp³-hybridized carbons (Fsp3) is 0.375. The van der Waals surface area contributed by atoms with Crippen LogP contribution in [0.2, 0.25) is 5.02 Å². The molecule has 0 unspecified atom stereocenters. The lowest BCUT2D eigenvalue weighted by Gasteiger charge is -2.33. The normalized spacial score (nSPS) is 17.3. The van der Waals surface area contributed by atoms with E-state index in [9.17, 15) is 4.79 Å². The van der Waals surface area contributed by atoms with Gasteiger partial charge in [-0.05, 0) is 67.8 Å². The number of rotatable bonds is 7. The lowest BCUT2D eigenvalue weighted by molar-refractivity contribution is 0.0913. The van der Waals surface area contributed by atoms with Gasteiger partial charge in [-0.25, -0.2) is 0 Å². The third-order valence-electron chi connectivity index (χ3n) is 8.03. The third kappa shape index (κ3) is 6.27. The molecular weight excluding hydrogens is 540 g/mol. The Morgan fingerprint density at radius 2 is 1.73 bits per heavy atom. The third-order valence-corrected chi connectivity index (χ3v) is 9.69. The summed E-state index contributed by atoms with van der Waals surface area (Å²) in [5, 5.41) is 4.68. The van der Waals surface area contributed by atoms with Crippen molar-refractivity contribution in [2.45, 2.75) is 51.3 Å². The number of aromatic nitrogens is 1. The number of hydrogen-bond acceptors (Lipinski definition) is 6. The van der Waals surface area contributed by atoms with Crippen LogP contribution in [0.15, 0.2) is 67.0 Å². The number of hydrogen-bond donors (Lipinski definition) is 1. The first-order valence-corrected chi connectivity index (χ1v) is 15.3. The summed E-state index contributed by atoms with van der Waals surface area (Å²) >= 11 is 8.15. The minimum atomic E-state index is -0.0790. The van der Waals surface area contributed by atoms with Crippen molar-refractivity contribution < 1.29 is 9.53 Å². The van der Waals surface area contributed by atoms with Gasteiger partial charge in [-0.1, -0.05) is 29.3 Å². The fourth-order valence-electron chi connectivity index (χ4n) is 5.68. The number of carbonyl (C=O) groups is 1. The van der Waals surface area contributed by atoms with Gasteiger partial charge >= 0.3 is 0 Å². The zero-order valence-corrected chi connectivity index (χ0v) is 24.4. The first-order valence-electron chi connectivity index (χ1n) is 14.1. The van der Waals surface area contributed by atoms with Crippen LogP contribution in [0.5, 0.6) is 5.75 Å². The van der Waals surface area contributed by atoms with Gasteiger partial charge in [0.15, 0.2) is 0 Å². The summed E-state index contributed by atoms with van der Waals surface area (Å²) in [7, 11) is 0. The molecule has 0 spiro atoms. The maximum Gasteiger partial charge on any atom is 0.263 e. The molecule has 6 rings (SSSR count). The number of carbonyl (C=O) groups excluding carboxylic acids is 1. The van der Waals surface area contributed by atoms with E-state index >= 15 is 0 Å². The van der Waals surface area contributed by atoms with Gasteiger partial charge in [0, 0.05) is 79.8 Å². The van der Waals surface area contributed by atoms with Gasteiger partial charge < -0.3 is 15.0 Å². The van der Waals surface area contributed by atoms with Crippen LogP contribution in [0, 0.1) is 6.92 Å². The Hall–Kier alpha value is -3.13. The number of halogens is 1. The van der Waals surface area contributed by atoms with Gasteiger partial charge in [0.2, 0.25) is 0 Å². The summed E-state index contributed by atoms with van der Waals surface area (Å²) in [5.74, 6) is 0.762. The Morgan fingerprint density at radius 1 is 1.00 bits per heavy atom. The number of pyridine rings is 1. The van der Waals surface area contributed by atoms with Gasteiger partial charge in [0.1, 0.15) is 16.7 Å². The van der Waals surface area contributed by atoms with Crippen LogP contribution in [0.3, 0.4) is 0 Å². The molecule has 2 aliphatic rings. The number of benzene rings is 2. The first kappa shape index (κ1) is 27.1. The Labute approximate surface area is 244 Å². The number of aryl methyl sites for hydroxylation is 1. The Morgan fingerprint density at radius 3 is 2.45 bits per heavy atom. The maximum absolute atomic E-state index is 13.2. The molecule has 0 atom stereocenters. The molecule has 2 fully saturated rings. The highest BCUT2D eigenvalue weighted by Gasteiger charge is 2.25. The second kappa shape index (κ2) is 12.2. The second-order valence-electron chi connectivity index (χ2n) is 10.9. The van der Waals surface area contributed by atoms with E-state index in [0.717, 1.165) is 74.2 Å². The minimum absolute atomic E-state index is 0.0790. The van der Waals surface area contributed by atoms with Crippen LogP contribution in [0.4, 0.5) is 5.69 Å². The summed E-state index contributed by atoms with van der Waals surface area (Å²) in [4.78, 5) is 22.7. The number of nitrogens with zero attached hydrogens (tertiary/aromatic N) is 3. The molecule has 1 amide bonds. The summed E-state index contributed by atoms with van der Waals surface area (Å²) in [6.45, 7) is 6.91. The number of thiophene rings is 1. The monoisotopic (exact) mass is 574 g/mol. The van der Waals surface area contributed by atoms with Gasteiger partial charge in [-0.3, -0.25) is 14.7 Å². The smallest absolute Gasteiger partial charge is 0.263 e. The lowest BCUT2D eigenvalue weighted by Crippen LogP contribution is -2.44. The largest absolute Gasteiger partial charge is 0.490 e. The zero-order valence-electron chi connectivity index (χ0n) is 22.8. The molecule has 8 heteroatoms. The van der Waals surface area contributed by atoms with E-state index in [1.807, 2.05) is 30.6 Å². The number of piperidine rings is 2. The summed E-state index contributed by atoms with van der Waals surface area (Å²) < 4.78 is 7.36. The summed E-state index contributed by atoms with van der Waals surface area (Å²) in [6.07, 6.45) is 7.67. The Balaban J connectivity index is 1.03. The molecule has 2 aliphatic heterocycles. The van der Waals surface area contributed by atoms with Gasteiger partial charge in [-0.15, -0.1) is 11.3 Å². The molecule has 1 N–H and O–H groups in total. The van der Waals surface area contributed by atoms with Crippen LogP contribution in [0.1, 0.15) is 46.5 Å². The highest BCUT2D eigenvalue weighted by Crippen LogP contribution is 2.38. The van der Waals surface area contributed by atoms with Gasteiger partial charge in [-0.2, -0.15) is 0 Å². The predicted octanol–water partition coefficient (Wildman–Crippen LogP) is 6.70. The molecule has 2 aromatic carbocycles. The van der Waals surface area contributed by atoms with Crippen LogP contribution < -0.4 is 15.0 Å². The van der Waals surface area contributed by atoms with Crippen molar-refractivity contribution in [3.05, 3.63) is 88.0 Å². The van der Waals surface area contributed by atoms with Crippen molar-refractivity contribution in [1.29, 1.82) is 0 Å². The topological polar surface area (TPSA) is 57.7 Å². The summed E-state index contributed by atoms with van der Waals surface area (Å²) in [5.41, 5.74) is 3.83. The highest BCUT2D eigenvalue weighted by molar-refractivity contribution is 7.21. The molecule has 2 aromatic heterocycles. The Kier molecular flexibility index (Phi) is 8.23. The number of likely N-dealkylation sites (tertiary alicyclic amines) is 1. The van der Waals surface area contributed by atoms with Crippen molar-refractivity contribution in [3.8, 4) is 5.75 Å². The number of anilines is 1. The molecule has 4 heterocycles. The molecule has 2 saturated heterocycles. The van der Waals surface area contributed by atoms with E-state index < -0.39 is 0 Å². The molecule has 4 aromatic rings. The number of amides is 1. The minimum Gasteiger partial charge on any atom is -0.490 e. The zero-order chi connectivity index (χ0) is 27.5. The van der Waals surface area contributed by atoms with E-state index in [4.69, 9.17) is 16.3 Å². The molecule has 40 heavy (non-hydrogen) atoms. The van der Waals surface area contributed by atoms with Crippen molar-refractivity contribution in [3.63, 3.8) is 0 Å². The van der Waals surface area contributed by atoms with Crippen molar-refractivity contribution in [2.24, 2.45) is 0 Å². The quantitative estimate of drug-likeness (QED) is 0.266.